The van der Waals surface area contributed by atoms with Gasteiger partial charge in [-0.2, -0.15) is 0 Å². The van der Waals surface area contributed by atoms with Crippen molar-refractivity contribution in [3.05, 3.63) is 29.3 Å². The molecule has 1 saturated heterocycles. The lowest BCUT2D eigenvalue weighted by Gasteiger charge is -2.21. The molecule has 1 aliphatic rings. The van der Waals surface area contributed by atoms with E-state index in [0.717, 1.165) is 16.8 Å². The summed E-state index contributed by atoms with van der Waals surface area (Å²) in [5.41, 5.74) is 2.89. The number of carbonyl (C=O) groups is 3. The first-order chi connectivity index (χ1) is 11.2. The highest BCUT2D eigenvalue weighted by atomic mass is 16.4. The lowest BCUT2D eigenvalue weighted by molar-refractivity contribution is -0.144. The van der Waals surface area contributed by atoms with Crippen molar-refractivity contribution in [3.8, 4) is 0 Å². The van der Waals surface area contributed by atoms with Crippen LogP contribution in [0.2, 0.25) is 0 Å². The summed E-state index contributed by atoms with van der Waals surface area (Å²) in [6, 6.07) is 4.87. The second kappa shape index (κ2) is 7.03. The molecule has 0 aromatic heterocycles. The van der Waals surface area contributed by atoms with Crippen LogP contribution in [-0.2, 0) is 14.4 Å². The maximum absolute atomic E-state index is 12.6. The van der Waals surface area contributed by atoms with Gasteiger partial charge in [0.05, 0.1) is 0 Å². The van der Waals surface area contributed by atoms with Crippen LogP contribution in [0.5, 0.6) is 0 Å². The van der Waals surface area contributed by atoms with Crippen molar-refractivity contribution < 1.29 is 19.5 Å². The fourth-order valence-corrected chi connectivity index (χ4v) is 3.05. The van der Waals surface area contributed by atoms with Gasteiger partial charge < -0.3 is 15.3 Å². The number of carboxylic acid groups (broad SMARTS) is 1. The Labute approximate surface area is 141 Å². The van der Waals surface area contributed by atoms with Gasteiger partial charge in [-0.15, -0.1) is 0 Å². The molecule has 6 nitrogen and oxygen atoms in total. The van der Waals surface area contributed by atoms with Crippen LogP contribution >= 0.6 is 0 Å². The first kappa shape index (κ1) is 18.0. The highest BCUT2D eigenvalue weighted by Crippen LogP contribution is 2.27. The molecule has 1 heterocycles. The molecule has 1 aromatic rings. The number of carbonyl (C=O) groups excluding carboxylic acids is 2. The standard InChI is InChI=1S/C18H24N2O4/c1-10(2)15(18(23)24)19-16(21)14-5-6-20(17(14)22)13-8-11(3)7-12(4)9-13/h7-10,14-15H,5-6H2,1-4H3,(H,19,21)(H,23,24)/t14?,15-/m0/s1. The lowest BCUT2D eigenvalue weighted by atomic mass is 10.0. The maximum atomic E-state index is 12.6. The number of aryl methyl sites for hydroxylation is 2. The largest absolute Gasteiger partial charge is 0.480 e. The molecule has 0 bridgehead atoms. The third-order valence-corrected chi connectivity index (χ3v) is 4.27. The molecule has 24 heavy (non-hydrogen) atoms. The fourth-order valence-electron chi connectivity index (χ4n) is 3.05. The molecule has 0 saturated carbocycles. The first-order valence-electron chi connectivity index (χ1n) is 8.13. The molecule has 2 atom stereocenters. The first-order valence-corrected chi connectivity index (χ1v) is 8.13. The van der Waals surface area contributed by atoms with Gasteiger partial charge in [-0.3, -0.25) is 9.59 Å². The minimum atomic E-state index is -1.09. The van der Waals surface area contributed by atoms with Crippen molar-refractivity contribution in [3.63, 3.8) is 0 Å². The van der Waals surface area contributed by atoms with E-state index in [-0.39, 0.29) is 11.8 Å². The predicted octanol–water partition coefficient (Wildman–Crippen LogP) is 1.88. The molecule has 1 aliphatic heterocycles. The molecule has 1 fully saturated rings. The minimum absolute atomic E-state index is 0.251. The summed E-state index contributed by atoms with van der Waals surface area (Å²) >= 11 is 0. The van der Waals surface area contributed by atoms with Crippen LogP contribution < -0.4 is 10.2 Å². The highest BCUT2D eigenvalue weighted by Gasteiger charge is 2.39. The zero-order valence-corrected chi connectivity index (χ0v) is 14.5. The predicted molar refractivity (Wildman–Crippen MR) is 90.8 cm³/mol. The quantitative estimate of drug-likeness (QED) is 0.806. The van der Waals surface area contributed by atoms with Gasteiger partial charge in [0.15, 0.2) is 0 Å². The van der Waals surface area contributed by atoms with E-state index >= 15 is 0 Å². The van der Waals surface area contributed by atoms with Crippen LogP contribution in [0.15, 0.2) is 18.2 Å². The third-order valence-electron chi connectivity index (χ3n) is 4.27. The molecule has 130 valence electrons. The second-order valence-corrected chi connectivity index (χ2v) is 6.75. The van der Waals surface area contributed by atoms with E-state index in [4.69, 9.17) is 0 Å². The van der Waals surface area contributed by atoms with Crippen molar-refractivity contribution in [1.29, 1.82) is 0 Å². The van der Waals surface area contributed by atoms with Crippen LogP contribution in [0.3, 0.4) is 0 Å². The summed E-state index contributed by atoms with van der Waals surface area (Å²) < 4.78 is 0. The molecule has 6 heteroatoms. The van der Waals surface area contributed by atoms with Crippen molar-refractivity contribution in [1.82, 2.24) is 5.32 Å². The van der Waals surface area contributed by atoms with Crippen LogP contribution in [0.1, 0.15) is 31.4 Å². The zero-order chi connectivity index (χ0) is 18.0. The number of carboxylic acids is 1. The van der Waals surface area contributed by atoms with E-state index in [1.54, 1.807) is 18.7 Å². The van der Waals surface area contributed by atoms with Crippen molar-refractivity contribution >= 4 is 23.5 Å². The normalized spacial score (nSPS) is 18.8. The number of benzene rings is 1. The second-order valence-electron chi connectivity index (χ2n) is 6.75. The van der Waals surface area contributed by atoms with Gasteiger partial charge in [-0.1, -0.05) is 19.9 Å². The molecule has 2 N–H and O–H groups in total. The number of hydrogen-bond acceptors (Lipinski definition) is 3. The van der Waals surface area contributed by atoms with Crippen molar-refractivity contribution in [2.24, 2.45) is 11.8 Å². The smallest absolute Gasteiger partial charge is 0.326 e. The monoisotopic (exact) mass is 332 g/mol. The highest BCUT2D eigenvalue weighted by molar-refractivity contribution is 6.10. The molecule has 0 radical (unpaired) electrons. The van der Waals surface area contributed by atoms with E-state index < -0.39 is 23.8 Å². The summed E-state index contributed by atoms with van der Waals surface area (Å²) in [6.45, 7) is 7.82. The number of amides is 2. The minimum Gasteiger partial charge on any atom is -0.480 e. The zero-order valence-electron chi connectivity index (χ0n) is 14.5. The van der Waals surface area contributed by atoms with E-state index in [0.29, 0.717) is 13.0 Å². The summed E-state index contributed by atoms with van der Waals surface area (Å²) in [6.07, 6.45) is 0.391. The number of hydrogen-bond donors (Lipinski definition) is 2. The average Bonchev–Trinajstić information content (AvgIpc) is 2.84. The van der Waals surface area contributed by atoms with Gasteiger partial charge >= 0.3 is 5.97 Å². The molecule has 1 unspecified atom stereocenters. The van der Waals surface area contributed by atoms with Crippen LogP contribution in [-0.4, -0.2) is 35.5 Å². The van der Waals surface area contributed by atoms with Gasteiger partial charge in [-0.05, 0) is 49.4 Å². The molecule has 1 aromatic carbocycles. The van der Waals surface area contributed by atoms with Gasteiger partial charge in [-0.25, -0.2) is 4.79 Å². The molecule has 2 amide bonds. The Kier molecular flexibility index (Phi) is 5.26. The van der Waals surface area contributed by atoms with E-state index in [9.17, 15) is 19.5 Å². The lowest BCUT2D eigenvalue weighted by Crippen LogP contribution is -2.48. The Balaban J connectivity index is 2.13. The maximum Gasteiger partial charge on any atom is 0.326 e. The Morgan fingerprint density at radius 3 is 2.29 bits per heavy atom. The Bertz CT molecular complexity index is 649. The van der Waals surface area contributed by atoms with Gasteiger partial charge in [0.2, 0.25) is 11.8 Å². The fraction of sp³-hybridized carbons (Fsp3) is 0.500. The van der Waals surface area contributed by atoms with Crippen LogP contribution in [0.25, 0.3) is 0 Å². The molecule has 0 spiro atoms. The Morgan fingerprint density at radius 2 is 1.79 bits per heavy atom. The number of aliphatic carboxylic acids is 1. The number of rotatable bonds is 5. The third kappa shape index (κ3) is 3.75. The van der Waals surface area contributed by atoms with Crippen LogP contribution in [0.4, 0.5) is 5.69 Å². The summed E-state index contributed by atoms with van der Waals surface area (Å²) in [5, 5.41) is 11.7. The van der Waals surface area contributed by atoms with Gasteiger partial charge in [0.25, 0.3) is 0 Å². The molecule has 2 rings (SSSR count). The van der Waals surface area contributed by atoms with Crippen molar-refractivity contribution in [2.45, 2.75) is 40.2 Å². The average molecular weight is 332 g/mol. The van der Waals surface area contributed by atoms with E-state index in [1.165, 1.54) is 0 Å². The molecular formula is C18H24N2O4. The van der Waals surface area contributed by atoms with Gasteiger partial charge in [0.1, 0.15) is 12.0 Å². The number of nitrogens with zero attached hydrogens (tertiary/aromatic N) is 1. The van der Waals surface area contributed by atoms with E-state index in [1.807, 2.05) is 32.0 Å². The van der Waals surface area contributed by atoms with E-state index in [2.05, 4.69) is 5.32 Å². The molecular weight excluding hydrogens is 308 g/mol. The summed E-state index contributed by atoms with van der Waals surface area (Å²) in [4.78, 5) is 37.8. The Hall–Kier alpha value is -2.37. The topological polar surface area (TPSA) is 86.7 Å². The van der Waals surface area contributed by atoms with Gasteiger partial charge in [0, 0.05) is 12.2 Å². The van der Waals surface area contributed by atoms with Crippen LogP contribution in [0, 0.1) is 25.7 Å². The SMILES string of the molecule is Cc1cc(C)cc(N2CCC(C(=O)N[C@H](C(=O)O)C(C)C)C2=O)c1. The number of nitrogens with one attached hydrogen (secondary N) is 1. The molecule has 0 aliphatic carbocycles. The summed E-state index contributed by atoms with van der Waals surface area (Å²) in [5.74, 6) is -2.95. The van der Waals surface area contributed by atoms with Crippen molar-refractivity contribution in [2.75, 3.05) is 11.4 Å². The Morgan fingerprint density at radius 1 is 1.21 bits per heavy atom. The summed E-state index contributed by atoms with van der Waals surface area (Å²) in [7, 11) is 0. The number of anilines is 1.